The maximum Gasteiger partial charge on any atom is 0.257 e. The van der Waals surface area contributed by atoms with Gasteiger partial charge in [0.15, 0.2) is 0 Å². The summed E-state index contributed by atoms with van der Waals surface area (Å²) in [7, 11) is 6.61. The van der Waals surface area contributed by atoms with Gasteiger partial charge in [0.25, 0.3) is 5.91 Å². The fraction of sp³-hybridized carbons (Fsp3) is 0.640. The largest absolute Gasteiger partial charge is 0.493 e. The van der Waals surface area contributed by atoms with Gasteiger partial charge in [-0.25, -0.2) is 0 Å². The van der Waals surface area contributed by atoms with Crippen molar-refractivity contribution < 1.29 is 28.5 Å². The number of likely N-dealkylation sites (N-methyl/N-ethyl adjacent to an activating group) is 2. The third-order valence-corrected chi connectivity index (χ3v) is 6.77. The second kappa shape index (κ2) is 11.6. The lowest BCUT2D eigenvalue weighted by Gasteiger charge is -2.38. The molecule has 34 heavy (non-hydrogen) atoms. The number of carbonyl (C=O) groups excluding carboxylic acids is 2. The summed E-state index contributed by atoms with van der Waals surface area (Å²) in [5, 5.41) is 9.33. The zero-order chi connectivity index (χ0) is 24.8. The Hall–Kier alpha value is -2.67. The van der Waals surface area contributed by atoms with Crippen LogP contribution in [-0.2, 0) is 19.0 Å². The van der Waals surface area contributed by atoms with Crippen LogP contribution in [0.15, 0.2) is 18.2 Å². The molecule has 0 aliphatic carbocycles. The normalized spacial score (nSPS) is 29.2. The van der Waals surface area contributed by atoms with E-state index in [2.05, 4.69) is 6.07 Å². The van der Waals surface area contributed by atoms with Gasteiger partial charge >= 0.3 is 0 Å². The van der Waals surface area contributed by atoms with Gasteiger partial charge in [-0.1, -0.05) is 6.92 Å². The van der Waals surface area contributed by atoms with Crippen molar-refractivity contribution >= 4 is 11.8 Å². The van der Waals surface area contributed by atoms with E-state index in [0.29, 0.717) is 36.4 Å². The van der Waals surface area contributed by atoms with Crippen molar-refractivity contribution in [2.75, 3.05) is 48.0 Å². The fourth-order valence-electron chi connectivity index (χ4n) is 4.64. The van der Waals surface area contributed by atoms with E-state index in [1.165, 1.54) is 18.1 Å². The predicted molar refractivity (Wildman–Crippen MR) is 125 cm³/mol. The second-order valence-corrected chi connectivity index (χ2v) is 9.08. The van der Waals surface area contributed by atoms with Crippen molar-refractivity contribution in [3.8, 4) is 11.8 Å². The topological polar surface area (TPSA) is 101 Å². The SMILES string of the molecule is CO[C@H]1CN(C)C(=O)c2cc(C#N)ccc2OCC[C@@H]2CC[C@@H](OC)[C@@H](CN(C)C(=O)[C@@H]1C)O2. The van der Waals surface area contributed by atoms with Crippen LogP contribution in [0.4, 0.5) is 0 Å². The number of carbonyl (C=O) groups is 2. The van der Waals surface area contributed by atoms with E-state index in [9.17, 15) is 14.9 Å². The van der Waals surface area contributed by atoms with Crippen molar-refractivity contribution in [3.05, 3.63) is 29.3 Å². The maximum absolute atomic E-state index is 13.3. The third-order valence-electron chi connectivity index (χ3n) is 6.77. The van der Waals surface area contributed by atoms with Crippen molar-refractivity contribution in [3.63, 3.8) is 0 Å². The van der Waals surface area contributed by atoms with Gasteiger partial charge < -0.3 is 28.7 Å². The van der Waals surface area contributed by atoms with E-state index in [1.807, 2.05) is 0 Å². The smallest absolute Gasteiger partial charge is 0.257 e. The average molecular weight is 474 g/mol. The van der Waals surface area contributed by atoms with Crippen molar-refractivity contribution in [2.45, 2.75) is 50.6 Å². The van der Waals surface area contributed by atoms with E-state index >= 15 is 0 Å². The Kier molecular flexibility index (Phi) is 8.89. The Labute approximate surface area is 201 Å². The van der Waals surface area contributed by atoms with Crippen molar-refractivity contribution in [2.24, 2.45) is 5.92 Å². The first-order valence-electron chi connectivity index (χ1n) is 11.7. The highest BCUT2D eigenvalue weighted by molar-refractivity contribution is 5.97. The number of rotatable bonds is 2. The Morgan fingerprint density at radius 1 is 1.03 bits per heavy atom. The van der Waals surface area contributed by atoms with E-state index in [1.54, 1.807) is 45.2 Å². The van der Waals surface area contributed by atoms with Crippen molar-refractivity contribution in [1.82, 2.24) is 9.80 Å². The van der Waals surface area contributed by atoms with Crippen LogP contribution in [0, 0.1) is 17.2 Å². The molecule has 1 aromatic rings. The minimum Gasteiger partial charge on any atom is -0.493 e. The Balaban J connectivity index is 1.93. The summed E-state index contributed by atoms with van der Waals surface area (Å²) in [5.41, 5.74) is 0.678. The molecule has 2 aliphatic rings. The summed E-state index contributed by atoms with van der Waals surface area (Å²) < 4.78 is 23.6. The highest BCUT2D eigenvalue weighted by Crippen LogP contribution is 2.27. The van der Waals surface area contributed by atoms with Gasteiger partial charge in [-0.3, -0.25) is 9.59 Å². The summed E-state index contributed by atoms with van der Waals surface area (Å²) in [6.07, 6.45) is 1.39. The molecular formula is C25H35N3O6. The van der Waals surface area contributed by atoms with Gasteiger partial charge in [-0.15, -0.1) is 0 Å². The minimum atomic E-state index is -0.515. The molecule has 2 aliphatic heterocycles. The summed E-state index contributed by atoms with van der Waals surface area (Å²) in [4.78, 5) is 29.7. The highest BCUT2D eigenvalue weighted by atomic mass is 16.5. The number of hydrogen-bond acceptors (Lipinski definition) is 7. The molecule has 0 unspecified atom stereocenters. The highest BCUT2D eigenvalue weighted by Gasteiger charge is 2.35. The van der Waals surface area contributed by atoms with Gasteiger partial charge in [0.1, 0.15) is 11.9 Å². The van der Waals surface area contributed by atoms with Crippen LogP contribution in [-0.4, -0.2) is 94.0 Å². The molecule has 2 bridgehead atoms. The number of ether oxygens (including phenoxy) is 4. The molecule has 9 nitrogen and oxygen atoms in total. The minimum absolute atomic E-state index is 0.0443. The van der Waals surface area contributed by atoms with E-state index in [-0.39, 0.29) is 36.7 Å². The zero-order valence-corrected chi connectivity index (χ0v) is 20.7. The van der Waals surface area contributed by atoms with E-state index < -0.39 is 12.0 Å². The molecule has 3 rings (SSSR count). The number of nitrogens with zero attached hydrogens (tertiary/aromatic N) is 3. The third kappa shape index (κ3) is 5.87. The summed E-state index contributed by atoms with van der Waals surface area (Å²) in [6, 6.07) is 6.90. The molecular weight excluding hydrogens is 438 g/mol. The zero-order valence-electron chi connectivity index (χ0n) is 20.7. The maximum atomic E-state index is 13.3. The lowest BCUT2D eigenvalue weighted by molar-refractivity contribution is -0.154. The molecule has 5 atom stereocenters. The molecule has 0 saturated carbocycles. The Morgan fingerprint density at radius 3 is 2.44 bits per heavy atom. The van der Waals surface area contributed by atoms with Gasteiger partial charge in [-0.05, 0) is 31.0 Å². The van der Waals surface area contributed by atoms with Crippen LogP contribution in [0.2, 0.25) is 0 Å². The Bertz CT molecular complexity index is 916. The van der Waals surface area contributed by atoms with Gasteiger partial charge in [-0.2, -0.15) is 5.26 Å². The van der Waals surface area contributed by atoms with Crippen LogP contribution in [0.5, 0.6) is 5.75 Å². The average Bonchev–Trinajstić information content (AvgIpc) is 2.85. The first-order chi connectivity index (χ1) is 16.3. The van der Waals surface area contributed by atoms with Crippen LogP contribution < -0.4 is 4.74 Å². The number of benzene rings is 1. The first kappa shape index (κ1) is 25.9. The van der Waals surface area contributed by atoms with Crippen LogP contribution >= 0.6 is 0 Å². The fourth-order valence-corrected chi connectivity index (χ4v) is 4.64. The molecule has 186 valence electrons. The molecule has 1 aromatic carbocycles. The quantitative estimate of drug-likeness (QED) is 0.648. The van der Waals surface area contributed by atoms with Crippen molar-refractivity contribution in [1.29, 1.82) is 5.26 Å². The van der Waals surface area contributed by atoms with Gasteiger partial charge in [0.2, 0.25) is 5.91 Å². The van der Waals surface area contributed by atoms with Crippen LogP contribution in [0.3, 0.4) is 0 Å². The summed E-state index contributed by atoms with van der Waals surface area (Å²) in [5.74, 6) is -0.454. The molecule has 0 radical (unpaired) electrons. The predicted octanol–water partition coefficient (Wildman–Crippen LogP) is 2.08. The molecule has 1 fully saturated rings. The lowest BCUT2D eigenvalue weighted by Crippen LogP contribution is -2.50. The van der Waals surface area contributed by atoms with Gasteiger partial charge in [0.05, 0.1) is 48.0 Å². The molecule has 0 spiro atoms. The number of nitriles is 1. The molecule has 2 heterocycles. The monoisotopic (exact) mass is 473 g/mol. The first-order valence-corrected chi connectivity index (χ1v) is 11.7. The molecule has 2 amide bonds. The van der Waals surface area contributed by atoms with Gasteiger partial charge in [0, 0.05) is 47.8 Å². The Morgan fingerprint density at radius 2 is 1.76 bits per heavy atom. The number of fused-ring (bicyclic) bond motifs is 3. The van der Waals surface area contributed by atoms with Crippen LogP contribution in [0.1, 0.15) is 42.1 Å². The summed E-state index contributed by atoms with van der Waals surface area (Å²) >= 11 is 0. The van der Waals surface area contributed by atoms with Crippen LogP contribution in [0.25, 0.3) is 0 Å². The molecule has 1 saturated heterocycles. The summed E-state index contributed by atoms with van der Waals surface area (Å²) in [6.45, 7) is 2.77. The second-order valence-electron chi connectivity index (χ2n) is 9.08. The van der Waals surface area contributed by atoms with E-state index in [0.717, 1.165) is 12.8 Å². The molecule has 0 aromatic heterocycles. The molecule has 0 N–H and O–H groups in total. The number of methoxy groups -OCH3 is 2. The standard InChI is InChI=1S/C25H35N3O6/c1-16-22(32-5)14-28(3)25(30)19-12-17(13-26)6-8-20(19)33-11-10-18-7-9-21(31-4)23(34-18)15-27(2)24(16)29/h6,8,12,16,18,21-23H,7,9-11,14-15H2,1-5H3/t16-,18+,21-,22+,23-/m1/s1. The number of amides is 2. The number of hydrogen-bond donors (Lipinski definition) is 0. The molecule has 9 heteroatoms. The van der Waals surface area contributed by atoms with E-state index in [4.69, 9.17) is 18.9 Å². The lowest BCUT2D eigenvalue weighted by atomic mass is 9.97.